The zero-order chi connectivity index (χ0) is 27.6. The first-order valence-electron chi connectivity index (χ1n) is 12.7. The van der Waals surface area contributed by atoms with Crippen molar-refractivity contribution in [1.29, 1.82) is 0 Å². The molecule has 1 aliphatic rings. The number of thiazole rings is 1. The summed E-state index contributed by atoms with van der Waals surface area (Å²) in [4.78, 5) is 32.7. The maximum atomic E-state index is 13.9. The Morgan fingerprint density at radius 3 is 2.38 bits per heavy atom. The van der Waals surface area contributed by atoms with Gasteiger partial charge in [-0.3, -0.25) is 9.36 Å². The molecule has 0 unspecified atom stereocenters. The molecule has 198 valence electrons. The van der Waals surface area contributed by atoms with E-state index in [0.29, 0.717) is 37.1 Å². The van der Waals surface area contributed by atoms with E-state index in [9.17, 15) is 9.59 Å². The number of rotatable bonds is 6. The third-order valence-electron chi connectivity index (χ3n) is 6.52. The Morgan fingerprint density at radius 1 is 0.975 bits per heavy atom. The van der Waals surface area contributed by atoms with Crippen LogP contribution in [0.2, 0.25) is 5.02 Å². The molecule has 0 aliphatic carbocycles. The van der Waals surface area contributed by atoms with Crippen molar-refractivity contribution >= 4 is 40.7 Å². The number of carbonyl (C=O) groups is 1. The normalized spacial score (nSPS) is 15.1. The van der Waals surface area contributed by atoms with E-state index in [1.165, 1.54) is 11.3 Å². The molecule has 1 atom stereocenters. The minimum atomic E-state index is -0.713. The summed E-state index contributed by atoms with van der Waals surface area (Å²) in [6.07, 6.45) is 1.71. The van der Waals surface area contributed by atoms with Crippen LogP contribution in [0.3, 0.4) is 0 Å². The number of aromatic nitrogens is 1. The highest BCUT2D eigenvalue weighted by atomic mass is 35.5. The molecule has 40 heavy (non-hydrogen) atoms. The Bertz CT molecular complexity index is 1900. The van der Waals surface area contributed by atoms with Gasteiger partial charge in [-0.1, -0.05) is 83.6 Å². The maximum absolute atomic E-state index is 13.9. The van der Waals surface area contributed by atoms with E-state index in [4.69, 9.17) is 25.7 Å². The lowest BCUT2D eigenvalue weighted by molar-refractivity contribution is -0.138. The predicted octanol–water partition coefficient (Wildman–Crippen LogP) is 5.85. The number of nitrogens with zero attached hydrogens (tertiary/aromatic N) is 2. The molecular formula is C32H23ClN2O4S. The Kier molecular flexibility index (Phi) is 7.07. The highest BCUT2D eigenvalue weighted by Gasteiger charge is 2.35. The Morgan fingerprint density at radius 2 is 1.68 bits per heavy atom. The van der Waals surface area contributed by atoms with E-state index in [0.717, 1.165) is 16.7 Å². The first-order chi connectivity index (χ1) is 19.5. The highest BCUT2D eigenvalue weighted by Crippen LogP contribution is 2.35. The summed E-state index contributed by atoms with van der Waals surface area (Å²) in [5, 5.41) is 0.640. The molecule has 0 saturated heterocycles. The van der Waals surface area contributed by atoms with E-state index < -0.39 is 12.0 Å². The van der Waals surface area contributed by atoms with Gasteiger partial charge in [0.1, 0.15) is 11.5 Å². The van der Waals surface area contributed by atoms with Crippen LogP contribution in [0.25, 0.3) is 23.1 Å². The molecule has 0 spiro atoms. The van der Waals surface area contributed by atoms with Crippen molar-refractivity contribution in [3.05, 3.63) is 144 Å². The van der Waals surface area contributed by atoms with Gasteiger partial charge in [0.15, 0.2) is 4.80 Å². The van der Waals surface area contributed by atoms with Crippen molar-refractivity contribution in [2.75, 3.05) is 6.61 Å². The molecule has 2 aromatic heterocycles. The fourth-order valence-corrected chi connectivity index (χ4v) is 5.83. The van der Waals surface area contributed by atoms with Gasteiger partial charge in [-0.05, 0) is 48.9 Å². The van der Waals surface area contributed by atoms with Gasteiger partial charge in [0, 0.05) is 22.2 Å². The monoisotopic (exact) mass is 566 g/mol. The number of fused-ring (bicyclic) bond motifs is 1. The van der Waals surface area contributed by atoms with Crippen LogP contribution in [-0.2, 0) is 9.53 Å². The van der Waals surface area contributed by atoms with Crippen LogP contribution in [0.5, 0.6) is 0 Å². The van der Waals surface area contributed by atoms with Crippen molar-refractivity contribution in [3.63, 3.8) is 0 Å². The summed E-state index contributed by atoms with van der Waals surface area (Å²) in [7, 11) is 0. The van der Waals surface area contributed by atoms with Gasteiger partial charge in [0.25, 0.3) is 5.56 Å². The molecule has 0 bridgehead atoms. The number of carbonyl (C=O) groups excluding carboxylic acids is 1. The summed E-state index contributed by atoms with van der Waals surface area (Å²) in [5.74, 6) is 0.681. The first-order valence-corrected chi connectivity index (χ1v) is 13.9. The number of benzene rings is 3. The van der Waals surface area contributed by atoms with Gasteiger partial charge in [-0.25, -0.2) is 9.79 Å². The van der Waals surface area contributed by atoms with Crippen molar-refractivity contribution in [3.8, 4) is 11.3 Å². The third-order valence-corrected chi connectivity index (χ3v) is 7.75. The van der Waals surface area contributed by atoms with E-state index in [1.807, 2.05) is 84.9 Å². The Balaban J connectivity index is 1.55. The molecule has 3 heterocycles. The Labute approximate surface area is 238 Å². The minimum absolute atomic E-state index is 0.199. The van der Waals surface area contributed by atoms with Crippen LogP contribution in [0.1, 0.15) is 29.9 Å². The van der Waals surface area contributed by atoms with Gasteiger partial charge < -0.3 is 9.15 Å². The average Bonchev–Trinajstić information content (AvgIpc) is 3.58. The molecule has 1 aliphatic heterocycles. The maximum Gasteiger partial charge on any atom is 0.338 e. The Hall–Kier alpha value is -4.46. The molecule has 3 aromatic carbocycles. The van der Waals surface area contributed by atoms with Crippen LogP contribution in [-0.4, -0.2) is 17.1 Å². The fourth-order valence-electron chi connectivity index (χ4n) is 4.72. The summed E-state index contributed by atoms with van der Waals surface area (Å²) < 4.78 is 13.5. The van der Waals surface area contributed by atoms with E-state index in [1.54, 1.807) is 29.7 Å². The molecule has 5 aromatic rings. The summed E-state index contributed by atoms with van der Waals surface area (Å²) >= 11 is 7.27. The van der Waals surface area contributed by atoms with Gasteiger partial charge in [-0.15, -0.1) is 0 Å². The lowest BCUT2D eigenvalue weighted by Gasteiger charge is -2.25. The number of furan rings is 1. The molecule has 0 N–H and O–H groups in total. The molecule has 0 amide bonds. The first kappa shape index (κ1) is 25.8. The fraction of sp³-hybridized carbons (Fsp3) is 0.0938. The molecule has 6 nitrogen and oxygen atoms in total. The molecule has 0 fully saturated rings. The smallest absolute Gasteiger partial charge is 0.338 e. The van der Waals surface area contributed by atoms with Gasteiger partial charge >= 0.3 is 5.97 Å². The van der Waals surface area contributed by atoms with E-state index in [-0.39, 0.29) is 12.2 Å². The zero-order valence-corrected chi connectivity index (χ0v) is 23.0. The zero-order valence-electron chi connectivity index (χ0n) is 21.4. The second-order valence-corrected chi connectivity index (χ2v) is 10.5. The molecule has 8 heteroatoms. The quantitative estimate of drug-likeness (QED) is 0.242. The van der Waals surface area contributed by atoms with Gasteiger partial charge in [0.05, 0.1) is 28.5 Å². The number of esters is 1. The molecule has 6 rings (SSSR count). The number of halogens is 1. The SMILES string of the molecule is CCOC(=O)C1=C(c2ccccc2)N=c2s/c(=C\c3ccc(-c4ccc(Cl)cc4)o3)c(=O)n2[C@@H]1c1ccccc1. The standard InChI is InChI=1S/C32H23ClN2O4S/c1-2-38-31(37)27-28(21-9-5-3-6-10-21)34-32-35(29(27)22-11-7-4-8-12-22)30(36)26(40-32)19-24-17-18-25(39-24)20-13-15-23(33)16-14-20/h3-19,29H,2H2,1H3/b26-19-/t29-/m1/s1. The summed E-state index contributed by atoms with van der Waals surface area (Å²) in [6, 6.07) is 29.3. The van der Waals surface area contributed by atoms with Gasteiger partial charge in [-0.2, -0.15) is 0 Å². The van der Waals surface area contributed by atoms with Crippen molar-refractivity contribution < 1.29 is 13.9 Å². The summed E-state index contributed by atoms with van der Waals surface area (Å²) in [6.45, 7) is 1.96. The lowest BCUT2D eigenvalue weighted by Crippen LogP contribution is -2.39. The van der Waals surface area contributed by atoms with Gasteiger partial charge in [0.2, 0.25) is 0 Å². The van der Waals surface area contributed by atoms with Crippen LogP contribution in [0, 0.1) is 0 Å². The lowest BCUT2D eigenvalue weighted by atomic mass is 9.93. The van der Waals surface area contributed by atoms with E-state index in [2.05, 4.69) is 0 Å². The van der Waals surface area contributed by atoms with Crippen LogP contribution < -0.4 is 14.9 Å². The van der Waals surface area contributed by atoms with E-state index >= 15 is 0 Å². The van der Waals surface area contributed by atoms with Crippen molar-refractivity contribution in [2.24, 2.45) is 4.99 Å². The van der Waals surface area contributed by atoms with Crippen LogP contribution in [0.4, 0.5) is 0 Å². The predicted molar refractivity (Wildman–Crippen MR) is 157 cm³/mol. The largest absolute Gasteiger partial charge is 0.463 e. The average molecular weight is 567 g/mol. The number of ether oxygens (including phenoxy) is 1. The molecular weight excluding hydrogens is 544 g/mol. The van der Waals surface area contributed by atoms with Crippen molar-refractivity contribution in [1.82, 2.24) is 4.57 Å². The topological polar surface area (TPSA) is 73.8 Å². The third kappa shape index (κ3) is 4.85. The number of hydrogen-bond donors (Lipinski definition) is 0. The van der Waals surface area contributed by atoms with Crippen LogP contribution in [0.15, 0.2) is 117 Å². The summed E-state index contributed by atoms with van der Waals surface area (Å²) in [5.41, 5.74) is 2.97. The minimum Gasteiger partial charge on any atom is -0.463 e. The highest BCUT2D eigenvalue weighted by molar-refractivity contribution is 7.07. The second kappa shape index (κ2) is 11.0. The molecule has 0 radical (unpaired) electrons. The van der Waals surface area contributed by atoms with Crippen LogP contribution >= 0.6 is 22.9 Å². The second-order valence-electron chi connectivity index (χ2n) is 9.05. The number of hydrogen-bond acceptors (Lipinski definition) is 6. The molecule has 0 saturated carbocycles. The van der Waals surface area contributed by atoms with Crippen molar-refractivity contribution in [2.45, 2.75) is 13.0 Å².